The van der Waals surface area contributed by atoms with Gasteiger partial charge in [-0.05, 0) is 28.3 Å². The number of fused-ring (bicyclic) bond motifs is 1. The van der Waals surface area contributed by atoms with Crippen LogP contribution in [0, 0.1) is 0 Å². The van der Waals surface area contributed by atoms with Gasteiger partial charge in [0.05, 0.1) is 19.5 Å². The minimum Gasteiger partial charge on any atom is -0.468 e. The largest absolute Gasteiger partial charge is 0.468 e. The number of carbonyl (C=O) groups is 1. The fourth-order valence-electron chi connectivity index (χ4n) is 4.73. The van der Waals surface area contributed by atoms with Gasteiger partial charge in [0.1, 0.15) is 12.7 Å². The number of benzene rings is 2. The minimum absolute atomic E-state index is 0.0652. The molecular formula is C26H30N8O2. The van der Waals surface area contributed by atoms with Crippen LogP contribution in [0.2, 0.25) is 0 Å². The molecule has 1 unspecified atom stereocenters. The number of likely N-dealkylation sites (N-methyl/N-ethyl adjacent to an activating group) is 1. The number of aliphatic imine (C=N–C) groups is 1. The van der Waals surface area contributed by atoms with Crippen LogP contribution in [0.3, 0.4) is 0 Å². The molecule has 0 fully saturated rings. The van der Waals surface area contributed by atoms with Crippen LogP contribution in [0.4, 0.5) is 0 Å². The van der Waals surface area contributed by atoms with Gasteiger partial charge in [-0.1, -0.05) is 61.9 Å². The Morgan fingerprint density at radius 1 is 1.14 bits per heavy atom. The molecule has 1 atom stereocenters. The summed E-state index contributed by atoms with van der Waals surface area (Å²) in [5.41, 5.74) is 5.29. The van der Waals surface area contributed by atoms with Gasteiger partial charge in [-0.15, -0.1) is 10.2 Å². The van der Waals surface area contributed by atoms with Gasteiger partial charge in [0, 0.05) is 25.4 Å². The van der Waals surface area contributed by atoms with Gasteiger partial charge in [-0.3, -0.25) is 4.79 Å². The molecule has 2 aliphatic heterocycles. The summed E-state index contributed by atoms with van der Waals surface area (Å²) in [6.45, 7) is 3.70. The Morgan fingerprint density at radius 2 is 1.92 bits per heavy atom. The molecular weight excluding hydrogens is 456 g/mol. The summed E-state index contributed by atoms with van der Waals surface area (Å²) in [6, 6.07) is 16.6. The molecule has 0 aliphatic carbocycles. The van der Waals surface area contributed by atoms with Crippen LogP contribution in [-0.2, 0) is 16.1 Å². The first kappa shape index (κ1) is 23.5. The fraction of sp³-hybridized carbons (Fsp3) is 0.346. The van der Waals surface area contributed by atoms with E-state index in [1.165, 1.54) is 12.7 Å². The van der Waals surface area contributed by atoms with Crippen molar-refractivity contribution in [3.63, 3.8) is 0 Å². The van der Waals surface area contributed by atoms with Crippen LogP contribution >= 0.6 is 0 Å². The van der Waals surface area contributed by atoms with Crippen LogP contribution in [0.1, 0.15) is 25.3 Å². The van der Waals surface area contributed by atoms with Crippen LogP contribution in [0.5, 0.6) is 0 Å². The van der Waals surface area contributed by atoms with Gasteiger partial charge in [-0.2, -0.15) is 5.21 Å². The third-order valence-electron chi connectivity index (χ3n) is 6.47. The van der Waals surface area contributed by atoms with Crippen molar-refractivity contribution < 1.29 is 9.53 Å². The number of aromatic nitrogens is 4. The highest BCUT2D eigenvalue weighted by Gasteiger charge is 2.35. The lowest BCUT2D eigenvalue weighted by molar-refractivity contribution is -0.141. The number of H-pyrrole nitrogens is 1. The molecule has 10 nitrogen and oxygen atoms in total. The van der Waals surface area contributed by atoms with E-state index >= 15 is 0 Å². The number of rotatable bonds is 8. The van der Waals surface area contributed by atoms with Gasteiger partial charge < -0.3 is 19.4 Å². The van der Waals surface area contributed by atoms with Crippen molar-refractivity contribution in [3.8, 4) is 22.5 Å². The van der Waals surface area contributed by atoms with Gasteiger partial charge in [0.25, 0.3) is 0 Å². The second kappa shape index (κ2) is 10.2. The summed E-state index contributed by atoms with van der Waals surface area (Å²) < 4.78 is 4.88. The van der Waals surface area contributed by atoms with E-state index in [2.05, 4.69) is 67.7 Å². The van der Waals surface area contributed by atoms with Crippen molar-refractivity contribution in [2.24, 2.45) is 4.99 Å². The highest BCUT2D eigenvalue weighted by atomic mass is 16.5. The molecule has 186 valence electrons. The van der Waals surface area contributed by atoms with E-state index in [9.17, 15) is 4.79 Å². The van der Waals surface area contributed by atoms with Crippen molar-refractivity contribution in [3.05, 3.63) is 66.0 Å². The highest BCUT2D eigenvalue weighted by Crippen LogP contribution is 2.32. The number of carbonyl (C=O) groups excluding carboxylic acids is 1. The lowest BCUT2D eigenvalue weighted by Crippen LogP contribution is -2.45. The number of hydrogen-bond donors (Lipinski definition) is 1. The summed E-state index contributed by atoms with van der Waals surface area (Å²) in [5.74, 6) is 1.29. The molecule has 1 N–H and O–H groups in total. The number of aromatic amines is 1. The standard InChI is InChI=1S/C26H30N8O2/c1-4-7-23-27-26-22(15-33(17-32(26)2)16-24(35)36-3)34(23)14-18-10-12-19(13-11-18)20-8-5-6-9-21(20)25-28-30-31-29-25/h5-6,8-13,15,23H,4,7,14,16-17H2,1-3H3,(H,28,29,30,31). The number of tetrazole rings is 1. The monoisotopic (exact) mass is 486 g/mol. The third kappa shape index (κ3) is 4.66. The van der Waals surface area contributed by atoms with Gasteiger partial charge in [-0.25, -0.2) is 4.99 Å². The molecule has 0 radical (unpaired) electrons. The normalized spacial score (nSPS) is 17.1. The Morgan fingerprint density at radius 3 is 2.61 bits per heavy atom. The van der Waals surface area contributed by atoms with Crippen LogP contribution in [0.15, 0.2) is 65.4 Å². The maximum Gasteiger partial charge on any atom is 0.325 e. The zero-order chi connectivity index (χ0) is 25.1. The molecule has 36 heavy (non-hydrogen) atoms. The van der Waals surface area contributed by atoms with Crippen molar-refractivity contribution in [1.29, 1.82) is 0 Å². The van der Waals surface area contributed by atoms with E-state index < -0.39 is 0 Å². The van der Waals surface area contributed by atoms with E-state index in [0.717, 1.165) is 47.6 Å². The molecule has 1 aromatic heterocycles. The average molecular weight is 487 g/mol. The molecule has 2 aliphatic rings. The Hall–Kier alpha value is -4.21. The summed E-state index contributed by atoms with van der Waals surface area (Å²) in [7, 11) is 3.43. The number of methoxy groups -OCH3 is 1. The molecule has 3 aromatic rings. The number of ether oxygens (including phenoxy) is 1. The third-order valence-corrected chi connectivity index (χ3v) is 6.47. The van der Waals surface area contributed by atoms with E-state index in [-0.39, 0.29) is 18.7 Å². The number of hydrogen-bond acceptors (Lipinski definition) is 9. The first-order valence-corrected chi connectivity index (χ1v) is 12.1. The van der Waals surface area contributed by atoms with E-state index in [1.54, 1.807) is 0 Å². The highest BCUT2D eigenvalue weighted by molar-refractivity contribution is 6.00. The predicted octanol–water partition coefficient (Wildman–Crippen LogP) is 3.09. The zero-order valence-electron chi connectivity index (χ0n) is 20.8. The van der Waals surface area contributed by atoms with Crippen molar-refractivity contribution in [2.45, 2.75) is 32.5 Å². The van der Waals surface area contributed by atoms with Crippen LogP contribution in [0.25, 0.3) is 22.5 Å². The van der Waals surface area contributed by atoms with Crippen molar-refractivity contribution in [1.82, 2.24) is 35.3 Å². The van der Waals surface area contributed by atoms with Crippen molar-refractivity contribution in [2.75, 3.05) is 27.4 Å². The Labute approximate surface area is 210 Å². The summed E-state index contributed by atoms with van der Waals surface area (Å²) in [4.78, 5) is 23.3. The Kier molecular flexibility index (Phi) is 6.66. The molecule has 5 rings (SSSR count). The van der Waals surface area contributed by atoms with Crippen LogP contribution in [-0.4, -0.2) is 80.7 Å². The van der Waals surface area contributed by atoms with Gasteiger partial charge in [0.15, 0.2) is 5.84 Å². The van der Waals surface area contributed by atoms with E-state index in [4.69, 9.17) is 9.73 Å². The molecule has 10 heteroatoms. The first-order chi connectivity index (χ1) is 17.6. The fourth-order valence-corrected chi connectivity index (χ4v) is 4.73. The average Bonchev–Trinajstić information content (AvgIpc) is 3.54. The maximum absolute atomic E-state index is 11.9. The predicted molar refractivity (Wildman–Crippen MR) is 136 cm³/mol. The summed E-state index contributed by atoms with van der Waals surface area (Å²) in [5, 5.41) is 14.5. The Balaban J connectivity index is 1.40. The maximum atomic E-state index is 11.9. The van der Waals surface area contributed by atoms with E-state index in [1.807, 2.05) is 36.3 Å². The number of nitrogens with one attached hydrogen (secondary N) is 1. The number of nitrogens with zero attached hydrogens (tertiary/aromatic N) is 7. The minimum atomic E-state index is -0.257. The number of amidine groups is 1. The molecule has 3 heterocycles. The molecule has 0 spiro atoms. The molecule has 0 saturated heterocycles. The number of esters is 1. The van der Waals surface area contributed by atoms with Gasteiger partial charge >= 0.3 is 5.97 Å². The quantitative estimate of drug-likeness (QED) is 0.485. The van der Waals surface area contributed by atoms with Gasteiger partial charge in [0.2, 0.25) is 5.82 Å². The second-order valence-electron chi connectivity index (χ2n) is 9.00. The lowest BCUT2D eigenvalue weighted by Gasteiger charge is -2.35. The SMILES string of the molecule is CCCC1N=C2C(=CN(CC(=O)OC)CN2C)N1Cc1ccc(-c2ccccc2-c2nn[nH]n2)cc1. The first-order valence-electron chi connectivity index (χ1n) is 12.1. The van der Waals surface area contributed by atoms with Crippen LogP contribution < -0.4 is 0 Å². The molecule has 0 bridgehead atoms. The summed E-state index contributed by atoms with van der Waals surface area (Å²) >= 11 is 0. The second-order valence-corrected chi connectivity index (χ2v) is 9.00. The zero-order valence-corrected chi connectivity index (χ0v) is 20.8. The lowest BCUT2D eigenvalue weighted by atomic mass is 9.98. The topological polar surface area (TPSA) is 103 Å². The van der Waals surface area contributed by atoms with Crippen molar-refractivity contribution >= 4 is 11.8 Å². The molecule has 0 saturated carbocycles. The summed E-state index contributed by atoms with van der Waals surface area (Å²) in [6.07, 6.45) is 4.10. The smallest absolute Gasteiger partial charge is 0.325 e. The molecule has 2 aromatic carbocycles. The molecule has 0 amide bonds. The Bertz CT molecular complexity index is 1270. The van der Waals surface area contributed by atoms with E-state index in [0.29, 0.717) is 12.5 Å².